The van der Waals surface area contributed by atoms with Gasteiger partial charge in [-0.1, -0.05) is 48.5 Å². The van der Waals surface area contributed by atoms with Gasteiger partial charge in [0.05, 0.1) is 6.61 Å². The predicted octanol–water partition coefficient (Wildman–Crippen LogP) is 5.31. The Kier molecular flexibility index (Phi) is 3.87. The van der Waals surface area contributed by atoms with Crippen molar-refractivity contribution in [2.45, 2.75) is 37.9 Å². The van der Waals surface area contributed by atoms with E-state index in [-0.39, 0.29) is 11.7 Å². The Bertz CT molecular complexity index is 988. The number of ether oxygens (including phenoxy) is 3. The predicted molar refractivity (Wildman–Crippen MR) is 107 cm³/mol. The second-order valence-corrected chi connectivity index (χ2v) is 8.19. The molecule has 2 heterocycles. The zero-order valence-corrected chi connectivity index (χ0v) is 15.8. The lowest BCUT2D eigenvalue weighted by Gasteiger charge is -2.38. The third-order valence-corrected chi connectivity index (χ3v) is 5.46. The number of hydrogen-bond donors (Lipinski definition) is 0. The minimum absolute atomic E-state index is 0.221. The summed E-state index contributed by atoms with van der Waals surface area (Å²) in [6, 6.07) is 21.6. The summed E-state index contributed by atoms with van der Waals surface area (Å²) in [5.74, 6) is 2.09. The third kappa shape index (κ3) is 3.40. The van der Waals surface area contributed by atoms with E-state index in [1.165, 1.54) is 21.9 Å². The molecule has 0 aromatic heterocycles. The molecular formula is C24H24O3. The van der Waals surface area contributed by atoms with E-state index < -0.39 is 0 Å². The monoisotopic (exact) mass is 360 g/mol. The molecule has 2 aliphatic heterocycles. The molecule has 1 saturated heterocycles. The van der Waals surface area contributed by atoms with Crippen LogP contribution in [0.4, 0.5) is 0 Å². The molecule has 138 valence electrons. The van der Waals surface area contributed by atoms with Crippen molar-refractivity contribution < 1.29 is 14.2 Å². The maximum Gasteiger partial charge on any atom is 0.127 e. The largest absolute Gasteiger partial charge is 0.491 e. The zero-order chi connectivity index (χ0) is 18.4. The quantitative estimate of drug-likeness (QED) is 0.591. The van der Waals surface area contributed by atoms with Gasteiger partial charge in [-0.05, 0) is 42.7 Å². The van der Waals surface area contributed by atoms with Crippen molar-refractivity contribution in [3.63, 3.8) is 0 Å². The highest BCUT2D eigenvalue weighted by atomic mass is 16.6. The van der Waals surface area contributed by atoms with E-state index in [2.05, 4.69) is 68.4 Å². The van der Waals surface area contributed by atoms with Crippen molar-refractivity contribution in [2.24, 2.45) is 0 Å². The van der Waals surface area contributed by atoms with E-state index in [4.69, 9.17) is 14.2 Å². The fourth-order valence-electron chi connectivity index (χ4n) is 4.00. The van der Waals surface area contributed by atoms with Gasteiger partial charge >= 0.3 is 0 Å². The van der Waals surface area contributed by atoms with Crippen molar-refractivity contribution in [3.8, 4) is 11.5 Å². The Morgan fingerprint density at radius 2 is 1.81 bits per heavy atom. The summed E-state index contributed by atoms with van der Waals surface area (Å²) in [5.41, 5.74) is 2.35. The topological polar surface area (TPSA) is 31.0 Å². The smallest absolute Gasteiger partial charge is 0.127 e. The lowest BCUT2D eigenvalue weighted by atomic mass is 9.79. The Labute approximate surface area is 159 Å². The summed E-state index contributed by atoms with van der Waals surface area (Å²) in [4.78, 5) is 0. The number of hydrogen-bond acceptors (Lipinski definition) is 3. The van der Waals surface area contributed by atoms with E-state index in [1.54, 1.807) is 0 Å². The van der Waals surface area contributed by atoms with E-state index in [1.807, 2.05) is 6.07 Å². The van der Waals surface area contributed by atoms with E-state index >= 15 is 0 Å². The minimum Gasteiger partial charge on any atom is -0.491 e. The molecule has 0 bridgehead atoms. The van der Waals surface area contributed by atoms with Gasteiger partial charge in [-0.25, -0.2) is 0 Å². The fraction of sp³-hybridized carbons (Fsp3) is 0.333. The lowest BCUT2D eigenvalue weighted by molar-refractivity contribution is 0.0769. The Hall–Kier alpha value is -2.52. The highest BCUT2D eigenvalue weighted by Crippen LogP contribution is 2.45. The Morgan fingerprint density at radius 1 is 1.00 bits per heavy atom. The highest BCUT2D eigenvalue weighted by Gasteiger charge is 2.35. The van der Waals surface area contributed by atoms with Crippen molar-refractivity contribution >= 4 is 10.8 Å². The molecule has 0 saturated carbocycles. The van der Waals surface area contributed by atoms with E-state index in [0.717, 1.165) is 24.5 Å². The lowest BCUT2D eigenvalue weighted by Crippen LogP contribution is -2.35. The molecule has 3 nitrogen and oxygen atoms in total. The first-order valence-electron chi connectivity index (χ1n) is 9.63. The standard InChI is InChI=1S/C24H24O3/c1-24(2)13-22(18-8-7-16-5-3-4-6-17(16)11-18)21-10-9-19(12-23(21)27-24)25-14-20-15-26-20/h3-12,20,22H,13-15H2,1-2H3. The van der Waals surface area contributed by atoms with Crippen molar-refractivity contribution in [1.82, 2.24) is 0 Å². The van der Waals surface area contributed by atoms with Crippen LogP contribution in [0.15, 0.2) is 60.7 Å². The molecular weight excluding hydrogens is 336 g/mol. The van der Waals surface area contributed by atoms with Crippen molar-refractivity contribution in [1.29, 1.82) is 0 Å². The van der Waals surface area contributed by atoms with Crippen LogP contribution in [0.2, 0.25) is 0 Å². The minimum atomic E-state index is -0.221. The summed E-state index contributed by atoms with van der Waals surface area (Å²) >= 11 is 0. The van der Waals surface area contributed by atoms with Gasteiger partial charge in [0, 0.05) is 17.5 Å². The maximum absolute atomic E-state index is 6.31. The Morgan fingerprint density at radius 3 is 2.63 bits per heavy atom. The normalized spacial score (nSPS) is 22.7. The van der Waals surface area contributed by atoms with Gasteiger partial charge in [0.25, 0.3) is 0 Å². The molecule has 0 N–H and O–H groups in total. The van der Waals surface area contributed by atoms with Gasteiger partial charge < -0.3 is 14.2 Å². The van der Waals surface area contributed by atoms with Crippen LogP contribution in [-0.2, 0) is 4.74 Å². The van der Waals surface area contributed by atoms with Crippen molar-refractivity contribution in [3.05, 3.63) is 71.8 Å². The third-order valence-electron chi connectivity index (χ3n) is 5.46. The number of fused-ring (bicyclic) bond motifs is 2. The molecule has 5 rings (SSSR count). The molecule has 27 heavy (non-hydrogen) atoms. The first-order valence-corrected chi connectivity index (χ1v) is 9.63. The van der Waals surface area contributed by atoms with Crippen molar-refractivity contribution in [2.75, 3.05) is 13.2 Å². The van der Waals surface area contributed by atoms with E-state index in [0.29, 0.717) is 12.5 Å². The summed E-state index contributed by atoms with van der Waals surface area (Å²) < 4.78 is 17.4. The molecule has 1 fully saturated rings. The molecule has 0 aliphatic carbocycles. The number of rotatable bonds is 4. The van der Waals surface area contributed by atoms with Crippen LogP contribution in [-0.4, -0.2) is 24.9 Å². The van der Waals surface area contributed by atoms with Crippen LogP contribution in [0, 0.1) is 0 Å². The van der Waals surface area contributed by atoms with Gasteiger partial charge in [-0.15, -0.1) is 0 Å². The summed E-state index contributed by atoms with van der Waals surface area (Å²) in [5, 5.41) is 2.56. The molecule has 2 unspecified atom stereocenters. The number of epoxide rings is 1. The van der Waals surface area contributed by atoms with Gasteiger partial charge in [0.2, 0.25) is 0 Å². The molecule has 0 radical (unpaired) electrons. The van der Waals surface area contributed by atoms with Crippen LogP contribution < -0.4 is 9.47 Å². The maximum atomic E-state index is 6.31. The Balaban J connectivity index is 1.52. The molecule has 2 atom stereocenters. The molecule has 3 aromatic rings. The van der Waals surface area contributed by atoms with Crippen LogP contribution in [0.5, 0.6) is 11.5 Å². The molecule has 2 aliphatic rings. The zero-order valence-electron chi connectivity index (χ0n) is 15.8. The SMILES string of the molecule is CC1(C)CC(c2ccc3ccccc3c2)c2ccc(OCC3CO3)cc2O1. The van der Waals surface area contributed by atoms with Gasteiger partial charge in [-0.2, -0.15) is 0 Å². The first-order chi connectivity index (χ1) is 13.1. The first kappa shape index (κ1) is 16.6. The van der Waals surface area contributed by atoms with Gasteiger partial charge in [0.15, 0.2) is 0 Å². The molecule has 3 aromatic carbocycles. The average Bonchev–Trinajstić information content (AvgIpc) is 3.49. The van der Waals surface area contributed by atoms with Crippen LogP contribution in [0.1, 0.15) is 37.3 Å². The van der Waals surface area contributed by atoms with Gasteiger partial charge in [0.1, 0.15) is 29.8 Å². The van der Waals surface area contributed by atoms with Crippen LogP contribution >= 0.6 is 0 Å². The number of benzene rings is 3. The van der Waals surface area contributed by atoms with Crippen LogP contribution in [0.25, 0.3) is 10.8 Å². The summed E-state index contributed by atoms with van der Waals surface area (Å²) in [6.07, 6.45) is 1.21. The van der Waals surface area contributed by atoms with Crippen LogP contribution in [0.3, 0.4) is 0 Å². The molecule has 3 heteroatoms. The fourth-order valence-corrected chi connectivity index (χ4v) is 4.00. The van der Waals surface area contributed by atoms with E-state index in [9.17, 15) is 0 Å². The second-order valence-electron chi connectivity index (χ2n) is 8.19. The summed E-state index contributed by atoms with van der Waals surface area (Å²) in [7, 11) is 0. The molecule has 0 amide bonds. The second kappa shape index (κ2) is 6.28. The highest BCUT2D eigenvalue weighted by molar-refractivity contribution is 5.83. The van der Waals surface area contributed by atoms with Gasteiger partial charge in [-0.3, -0.25) is 0 Å². The molecule has 0 spiro atoms. The average molecular weight is 360 g/mol. The summed E-state index contributed by atoms with van der Waals surface area (Å²) in [6.45, 7) is 5.74.